The number of H-pyrrole nitrogens is 1. The minimum absolute atomic E-state index is 0. The lowest BCUT2D eigenvalue weighted by Crippen LogP contribution is -2.14. The topological polar surface area (TPSA) is 132 Å². The van der Waals surface area contributed by atoms with Gasteiger partial charge in [-0.05, 0) is 6.92 Å². The van der Waals surface area contributed by atoms with Crippen LogP contribution in [0.25, 0.3) is 5.78 Å². The zero-order chi connectivity index (χ0) is 11.7. The van der Waals surface area contributed by atoms with Gasteiger partial charge in [0.15, 0.2) is 5.16 Å². The summed E-state index contributed by atoms with van der Waals surface area (Å²) in [5, 5.41) is 11.5. The molecule has 0 atom stereocenters. The van der Waals surface area contributed by atoms with Crippen molar-refractivity contribution in [1.29, 1.82) is 0 Å². The van der Waals surface area contributed by atoms with Crippen LogP contribution in [-0.4, -0.2) is 41.9 Å². The number of carboxylic acid groups (broad SMARTS) is 1. The Morgan fingerprint density at radius 1 is 1.59 bits per heavy atom. The number of hydrogen-bond donors (Lipinski definition) is 2. The van der Waals surface area contributed by atoms with E-state index in [1.807, 2.05) is 0 Å². The molecule has 17 heavy (non-hydrogen) atoms. The Kier molecular flexibility index (Phi) is 3.86. The fourth-order valence-electron chi connectivity index (χ4n) is 1.17. The van der Waals surface area contributed by atoms with E-state index in [4.69, 9.17) is 5.11 Å². The molecule has 0 fully saturated rings. The van der Waals surface area contributed by atoms with Gasteiger partial charge in [-0.15, -0.1) is 0 Å². The second kappa shape index (κ2) is 4.97. The first-order valence-electron chi connectivity index (χ1n) is 4.37. The summed E-state index contributed by atoms with van der Waals surface area (Å²) in [7, 11) is 0. The van der Waals surface area contributed by atoms with Crippen molar-refractivity contribution in [2.45, 2.75) is 12.1 Å². The summed E-state index contributed by atoms with van der Waals surface area (Å²) >= 11 is 1.00. The first kappa shape index (κ1) is 13.2. The van der Waals surface area contributed by atoms with Crippen molar-refractivity contribution < 1.29 is 15.4 Å². The van der Waals surface area contributed by atoms with Crippen molar-refractivity contribution in [1.82, 2.24) is 19.6 Å². The number of carbonyl (C=O) groups is 1. The quantitative estimate of drug-likeness (QED) is 0.684. The Hall–Kier alpha value is -1.87. The number of carboxylic acids is 1. The summed E-state index contributed by atoms with van der Waals surface area (Å²) in [5.74, 6) is -0.812. The SMILES string of the molecule is Cc1cc(=O)n2[nH]c(SCC(=O)O)nc2n1.O. The molecule has 9 heteroatoms. The predicted octanol–water partition coefficient (Wildman–Crippen LogP) is -0.922. The molecular formula is C8H10N4O4S. The van der Waals surface area contributed by atoms with Gasteiger partial charge in [0.25, 0.3) is 11.3 Å². The van der Waals surface area contributed by atoms with Crippen molar-refractivity contribution in [3.05, 3.63) is 22.1 Å². The Balaban J connectivity index is 0.00000144. The normalized spacial score (nSPS) is 10.2. The van der Waals surface area contributed by atoms with Crippen LogP contribution < -0.4 is 5.56 Å². The smallest absolute Gasteiger partial charge is 0.313 e. The summed E-state index contributed by atoms with van der Waals surface area (Å²) < 4.78 is 1.18. The van der Waals surface area contributed by atoms with E-state index in [0.29, 0.717) is 10.9 Å². The van der Waals surface area contributed by atoms with Gasteiger partial charge in [0.05, 0.1) is 5.75 Å². The van der Waals surface area contributed by atoms with Gasteiger partial charge in [-0.3, -0.25) is 14.7 Å². The highest BCUT2D eigenvalue weighted by atomic mass is 32.2. The molecule has 4 N–H and O–H groups in total. The van der Waals surface area contributed by atoms with E-state index in [0.717, 1.165) is 11.8 Å². The molecule has 0 saturated heterocycles. The summed E-state index contributed by atoms with van der Waals surface area (Å²) in [4.78, 5) is 29.9. The van der Waals surface area contributed by atoms with Crippen LogP contribution in [0.2, 0.25) is 0 Å². The zero-order valence-electron chi connectivity index (χ0n) is 8.80. The molecule has 2 heterocycles. The maximum atomic E-state index is 11.5. The predicted molar refractivity (Wildman–Crippen MR) is 60.3 cm³/mol. The van der Waals surface area contributed by atoms with Crippen LogP contribution >= 0.6 is 11.8 Å². The van der Waals surface area contributed by atoms with E-state index >= 15 is 0 Å². The molecule has 92 valence electrons. The highest BCUT2D eigenvalue weighted by Gasteiger charge is 2.08. The van der Waals surface area contributed by atoms with E-state index in [2.05, 4.69) is 15.1 Å². The molecule has 0 aliphatic rings. The molecule has 0 aliphatic carbocycles. The average molecular weight is 258 g/mol. The van der Waals surface area contributed by atoms with Crippen LogP contribution in [0.3, 0.4) is 0 Å². The summed E-state index contributed by atoms with van der Waals surface area (Å²) in [6.45, 7) is 1.69. The lowest BCUT2D eigenvalue weighted by Gasteiger charge is -1.91. The molecule has 0 unspecified atom stereocenters. The fourth-order valence-corrected chi connectivity index (χ4v) is 1.73. The molecule has 2 rings (SSSR count). The molecule has 0 aliphatic heterocycles. The van der Waals surface area contributed by atoms with Crippen LogP contribution in [0.4, 0.5) is 0 Å². The Labute approximate surface area is 99.0 Å². The number of aliphatic carboxylic acids is 1. The van der Waals surface area contributed by atoms with Crippen molar-refractivity contribution in [2.75, 3.05) is 5.75 Å². The van der Waals surface area contributed by atoms with Crippen LogP contribution in [0.5, 0.6) is 0 Å². The summed E-state index contributed by atoms with van der Waals surface area (Å²) in [6, 6.07) is 1.37. The van der Waals surface area contributed by atoms with Crippen molar-refractivity contribution in [3.63, 3.8) is 0 Å². The highest BCUT2D eigenvalue weighted by molar-refractivity contribution is 7.99. The van der Waals surface area contributed by atoms with E-state index < -0.39 is 5.97 Å². The van der Waals surface area contributed by atoms with Crippen molar-refractivity contribution in [3.8, 4) is 0 Å². The van der Waals surface area contributed by atoms with E-state index in [1.54, 1.807) is 6.92 Å². The van der Waals surface area contributed by atoms with E-state index in [-0.39, 0.29) is 22.6 Å². The van der Waals surface area contributed by atoms with Crippen LogP contribution in [0, 0.1) is 6.92 Å². The standard InChI is InChI=1S/C8H8N4O3S.H2O/c1-4-2-5(13)12-7(9-4)10-8(11-12)16-3-6(14)15;/h2H,3H2,1H3,(H,14,15)(H,9,10,11);1H2. The number of nitrogens with zero attached hydrogens (tertiary/aromatic N) is 3. The third-order valence-corrected chi connectivity index (χ3v) is 2.62. The Bertz CT molecular complexity index is 605. The zero-order valence-corrected chi connectivity index (χ0v) is 9.61. The van der Waals surface area contributed by atoms with Crippen molar-refractivity contribution >= 4 is 23.5 Å². The van der Waals surface area contributed by atoms with Crippen LogP contribution in [0.1, 0.15) is 5.69 Å². The number of nitrogens with one attached hydrogen (secondary N) is 1. The molecule has 2 aromatic rings. The molecule has 2 aromatic heterocycles. The third-order valence-electron chi connectivity index (χ3n) is 1.77. The number of thioether (sulfide) groups is 1. The number of aryl methyl sites for hydroxylation is 1. The number of hydrogen-bond acceptors (Lipinski definition) is 5. The molecule has 0 bridgehead atoms. The molecule has 0 radical (unpaired) electrons. The number of rotatable bonds is 3. The lowest BCUT2D eigenvalue weighted by atomic mass is 10.5. The average Bonchev–Trinajstić information content (AvgIpc) is 2.57. The largest absolute Gasteiger partial charge is 0.481 e. The van der Waals surface area contributed by atoms with Gasteiger partial charge in [-0.1, -0.05) is 11.8 Å². The van der Waals surface area contributed by atoms with Gasteiger partial charge in [0.1, 0.15) is 0 Å². The third kappa shape index (κ3) is 2.82. The minimum Gasteiger partial charge on any atom is -0.481 e. The van der Waals surface area contributed by atoms with Crippen LogP contribution in [-0.2, 0) is 4.79 Å². The van der Waals surface area contributed by atoms with E-state index in [9.17, 15) is 9.59 Å². The maximum absolute atomic E-state index is 11.5. The minimum atomic E-state index is -0.943. The molecule has 0 spiro atoms. The van der Waals surface area contributed by atoms with Crippen LogP contribution in [0.15, 0.2) is 16.0 Å². The molecule has 0 amide bonds. The second-order valence-corrected chi connectivity index (χ2v) is 4.05. The molecule has 0 aromatic carbocycles. The molecular weight excluding hydrogens is 248 g/mol. The Morgan fingerprint density at radius 3 is 2.94 bits per heavy atom. The second-order valence-electron chi connectivity index (χ2n) is 3.08. The monoisotopic (exact) mass is 258 g/mol. The van der Waals surface area contributed by atoms with E-state index in [1.165, 1.54) is 10.6 Å². The number of fused-ring (bicyclic) bond motifs is 1. The summed E-state index contributed by atoms with van der Waals surface area (Å²) in [6.07, 6.45) is 0. The highest BCUT2D eigenvalue weighted by Crippen LogP contribution is 2.12. The van der Waals surface area contributed by atoms with Crippen molar-refractivity contribution in [2.24, 2.45) is 0 Å². The fraction of sp³-hybridized carbons (Fsp3) is 0.250. The van der Waals surface area contributed by atoms with Gasteiger partial charge in [-0.2, -0.15) is 9.50 Å². The Morgan fingerprint density at radius 2 is 2.29 bits per heavy atom. The van der Waals surface area contributed by atoms with Gasteiger partial charge in [0, 0.05) is 11.8 Å². The first-order chi connectivity index (χ1) is 7.56. The number of aromatic nitrogens is 4. The lowest BCUT2D eigenvalue weighted by molar-refractivity contribution is -0.133. The van der Waals surface area contributed by atoms with Gasteiger partial charge in [0.2, 0.25) is 0 Å². The maximum Gasteiger partial charge on any atom is 0.313 e. The summed E-state index contributed by atoms with van der Waals surface area (Å²) in [5.41, 5.74) is 0.309. The first-order valence-corrected chi connectivity index (χ1v) is 5.36. The number of aromatic amines is 1. The van der Waals surface area contributed by atoms with Gasteiger partial charge >= 0.3 is 5.97 Å². The molecule has 8 nitrogen and oxygen atoms in total. The van der Waals surface area contributed by atoms with Gasteiger partial charge in [-0.25, -0.2) is 4.98 Å². The molecule has 0 saturated carbocycles. The van der Waals surface area contributed by atoms with Gasteiger partial charge < -0.3 is 10.6 Å².